The van der Waals surface area contributed by atoms with E-state index in [1.54, 1.807) is 7.11 Å². The van der Waals surface area contributed by atoms with Gasteiger partial charge in [0.2, 0.25) is 5.91 Å². The number of amides is 1. The lowest BCUT2D eigenvalue weighted by Crippen LogP contribution is -2.36. The number of carbonyl (C=O) groups excluding carboxylic acids is 1. The average molecular weight is 262 g/mol. The second kappa shape index (κ2) is 6.57. The molecule has 0 aromatic heterocycles. The normalized spacial score (nSPS) is 15.5. The van der Waals surface area contributed by atoms with Gasteiger partial charge >= 0.3 is 0 Å². The molecule has 1 amide bonds. The molecule has 0 atom stereocenters. The summed E-state index contributed by atoms with van der Waals surface area (Å²) in [6, 6.07) is 6.23. The summed E-state index contributed by atoms with van der Waals surface area (Å²) in [6.45, 7) is 4.94. The van der Waals surface area contributed by atoms with Gasteiger partial charge in [0.05, 0.1) is 13.7 Å². The van der Waals surface area contributed by atoms with E-state index in [-0.39, 0.29) is 5.91 Å². The van der Waals surface area contributed by atoms with Crippen LogP contribution in [0.3, 0.4) is 0 Å². The Morgan fingerprint density at radius 3 is 3.00 bits per heavy atom. The highest BCUT2D eigenvalue weighted by Crippen LogP contribution is 2.23. The maximum absolute atomic E-state index is 11.7. The van der Waals surface area contributed by atoms with Gasteiger partial charge in [0.15, 0.2) is 0 Å². The maximum atomic E-state index is 11.7. The van der Waals surface area contributed by atoms with Crippen molar-refractivity contribution in [3.63, 3.8) is 0 Å². The zero-order chi connectivity index (χ0) is 13.7. The monoisotopic (exact) mass is 262 g/mol. The van der Waals surface area contributed by atoms with Crippen LogP contribution in [0.15, 0.2) is 18.2 Å². The zero-order valence-corrected chi connectivity index (χ0v) is 11.7. The number of hydrogen-bond acceptors (Lipinski definition) is 3. The maximum Gasteiger partial charge on any atom is 0.234 e. The van der Waals surface area contributed by atoms with Crippen molar-refractivity contribution in [3.8, 4) is 5.75 Å². The molecule has 0 fully saturated rings. The number of carbonyl (C=O) groups is 1. The van der Waals surface area contributed by atoms with Gasteiger partial charge in [-0.3, -0.25) is 9.69 Å². The second-order valence-corrected chi connectivity index (χ2v) is 4.90. The molecule has 0 aliphatic carbocycles. The number of methoxy groups -OCH3 is 1. The molecule has 0 radical (unpaired) electrons. The number of benzene rings is 1. The van der Waals surface area contributed by atoms with E-state index < -0.39 is 0 Å². The summed E-state index contributed by atoms with van der Waals surface area (Å²) in [5, 5.41) is 2.85. The van der Waals surface area contributed by atoms with Crippen molar-refractivity contribution in [2.75, 3.05) is 26.7 Å². The van der Waals surface area contributed by atoms with Gasteiger partial charge in [-0.05, 0) is 49.6 Å². The third-order valence-electron chi connectivity index (χ3n) is 3.47. The molecule has 1 aromatic carbocycles. The van der Waals surface area contributed by atoms with Crippen LogP contribution >= 0.6 is 0 Å². The van der Waals surface area contributed by atoms with Crippen LogP contribution in [-0.4, -0.2) is 37.6 Å². The van der Waals surface area contributed by atoms with E-state index in [9.17, 15) is 4.79 Å². The minimum atomic E-state index is 0.111. The summed E-state index contributed by atoms with van der Waals surface area (Å²) in [5.74, 6) is 1.02. The molecular weight excluding hydrogens is 240 g/mol. The molecule has 2 rings (SSSR count). The molecule has 0 spiro atoms. The minimum Gasteiger partial charge on any atom is -0.497 e. The molecule has 1 aliphatic heterocycles. The number of aryl methyl sites for hydroxylation is 1. The van der Waals surface area contributed by atoms with Gasteiger partial charge in [-0.25, -0.2) is 0 Å². The summed E-state index contributed by atoms with van der Waals surface area (Å²) < 4.78 is 5.27. The highest BCUT2D eigenvalue weighted by molar-refractivity contribution is 5.77. The third kappa shape index (κ3) is 3.70. The Hall–Kier alpha value is -1.55. The summed E-state index contributed by atoms with van der Waals surface area (Å²) in [6.07, 6.45) is 2.14. The number of fused-ring (bicyclic) bond motifs is 1. The third-order valence-corrected chi connectivity index (χ3v) is 3.47. The molecule has 104 valence electrons. The van der Waals surface area contributed by atoms with E-state index in [0.717, 1.165) is 31.7 Å². The Balaban J connectivity index is 2.05. The molecule has 0 saturated heterocycles. The number of ether oxygens (including phenoxy) is 1. The number of hydrogen-bond donors (Lipinski definition) is 1. The Morgan fingerprint density at radius 2 is 2.26 bits per heavy atom. The Bertz CT molecular complexity index is 446. The molecule has 4 nitrogen and oxygen atoms in total. The van der Waals surface area contributed by atoms with Crippen LogP contribution < -0.4 is 10.1 Å². The van der Waals surface area contributed by atoms with Crippen LogP contribution in [0.4, 0.5) is 0 Å². The second-order valence-electron chi connectivity index (χ2n) is 4.90. The minimum absolute atomic E-state index is 0.111. The first-order valence-corrected chi connectivity index (χ1v) is 6.87. The lowest BCUT2D eigenvalue weighted by molar-refractivity contribution is -0.122. The molecule has 4 heteroatoms. The molecule has 1 aromatic rings. The quantitative estimate of drug-likeness (QED) is 0.895. The van der Waals surface area contributed by atoms with E-state index in [4.69, 9.17) is 4.74 Å². The van der Waals surface area contributed by atoms with Crippen molar-refractivity contribution in [1.29, 1.82) is 0 Å². The largest absolute Gasteiger partial charge is 0.497 e. The van der Waals surface area contributed by atoms with Crippen LogP contribution in [0, 0.1) is 0 Å². The predicted octanol–water partition coefficient (Wildman–Crippen LogP) is 1.58. The summed E-state index contributed by atoms with van der Waals surface area (Å²) in [5.41, 5.74) is 2.65. The summed E-state index contributed by atoms with van der Waals surface area (Å²) in [7, 11) is 1.69. The van der Waals surface area contributed by atoms with Crippen molar-refractivity contribution in [2.45, 2.75) is 26.3 Å². The molecule has 19 heavy (non-hydrogen) atoms. The van der Waals surface area contributed by atoms with Gasteiger partial charge < -0.3 is 10.1 Å². The number of nitrogens with one attached hydrogen (secondary N) is 1. The van der Waals surface area contributed by atoms with Crippen LogP contribution in [0.1, 0.15) is 24.5 Å². The Labute approximate surface area is 114 Å². The Morgan fingerprint density at radius 1 is 1.42 bits per heavy atom. The number of nitrogens with zero attached hydrogens (tertiary/aromatic N) is 1. The topological polar surface area (TPSA) is 41.6 Å². The molecule has 1 heterocycles. The van der Waals surface area contributed by atoms with Gasteiger partial charge in [0.1, 0.15) is 5.75 Å². The van der Waals surface area contributed by atoms with E-state index >= 15 is 0 Å². The first kappa shape index (κ1) is 13.9. The predicted molar refractivity (Wildman–Crippen MR) is 75.3 cm³/mol. The van der Waals surface area contributed by atoms with E-state index in [0.29, 0.717) is 13.1 Å². The van der Waals surface area contributed by atoms with Crippen LogP contribution in [0.25, 0.3) is 0 Å². The van der Waals surface area contributed by atoms with Gasteiger partial charge in [-0.15, -0.1) is 0 Å². The lowest BCUT2D eigenvalue weighted by atomic mass is 10.0. The standard InChI is InChI=1S/C15H22N2O2/c1-3-16-15(18)11-17-8-4-5-12-9-14(19-2)7-6-13(12)10-17/h6-7,9H,3-5,8,10-11H2,1-2H3,(H,16,18). The first-order chi connectivity index (χ1) is 9.22. The smallest absolute Gasteiger partial charge is 0.234 e. The van der Waals surface area contributed by atoms with Crippen molar-refractivity contribution in [3.05, 3.63) is 29.3 Å². The van der Waals surface area contributed by atoms with E-state index in [1.807, 2.05) is 13.0 Å². The lowest BCUT2D eigenvalue weighted by Gasteiger charge is -2.19. The molecule has 0 bridgehead atoms. The van der Waals surface area contributed by atoms with E-state index in [2.05, 4.69) is 22.3 Å². The van der Waals surface area contributed by atoms with Crippen LogP contribution in [0.2, 0.25) is 0 Å². The average Bonchev–Trinajstić information content (AvgIpc) is 2.59. The van der Waals surface area contributed by atoms with Crippen LogP contribution in [-0.2, 0) is 17.8 Å². The zero-order valence-electron chi connectivity index (χ0n) is 11.7. The molecule has 1 aliphatic rings. The highest BCUT2D eigenvalue weighted by Gasteiger charge is 2.16. The number of rotatable bonds is 4. The van der Waals surface area contributed by atoms with Gasteiger partial charge in [-0.2, -0.15) is 0 Å². The summed E-state index contributed by atoms with van der Waals surface area (Å²) >= 11 is 0. The van der Waals surface area contributed by atoms with Crippen LogP contribution in [0.5, 0.6) is 5.75 Å². The van der Waals surface area contributed by atoms with Crippen molar-refractivity contribution in [1.82, 2.24) is 10.2 Å². The fourth-order valence-electron chi connectivity index (χ4n) is 2.52. The van der Waals surface area contributed by atoms with Crippen molar-refractivity contribution in [2.24, 2.45) is 0 Å². The highest BCUT2D eigenvalue weighted by atomic mass is 16.5. The fraction of sp³-hybridized carbons (Fsp3) is 0.533. The van der Waals surface area contributed by atoms with Gasteiger partial charge in [0.25, 0.3) is 0 Å². The number of likely N-dealkylation sites (N-methyl/N-ethyl adjacent to an activating group) is 1. The summed E-state index contributed by atoms with van der Waals surface area (Å²) in [4.78, 5) is 13.9. The van der Waals surface area contributed by atoms with E-state index in [1.165, 1.54) is 11.1 Å². The van der Waals surface area contributed by atoms with Crippen molar-refractivity contribution < 1.29 is 9.53 Å². The molecule has 1 N–H and O–H groups in total. The molecular formula is C15H22N2O2. The fourth-order valence-corrected chi connectivity index (χ4v) is 2.52. The molecule has 0 unspecified atom stereocenters. The Kier molecular flexibility index (Phi) is 4.80. The SMILES string of the molecule is CCNC(=O)CN1CCCc2cc(OC)ccc2C1. The van der Waals surface area contributed by atoms with Gasteiger partial charge in [0, 0.05) is 13.1 Å². The molecule has 0 saturated carbocycles. The van der Waals surface area contributed by atoms with Crippen molar-refractivity contribution >= 4 is 5.91 Å². The first-order valence-electron chi connectivity index (χ1n) is 6.87. The van der Waals surface area contributed by atoms with Gasteiger partial charge in [-0.1, -0.05) is 6.07 Å².